The monoisotopic (exact) mass is 290 g/mol. The van der Waals surface area contributed by atoms with Gasteiger partial charge < -0.3 is 5.32 Å². The van der Waals surface area contributed by atoms with Crippen molar-refractivity contribution >= 4 is 23.3 Å². The van der Waals surface area contributed by atoms with Crippen molar-refractivity contribution in [1.82, 2.24) is 19.9 Å². The van der Waals surface area contributed by atoms with Gasteiger partial charge >= 0.3 is 0 Å². The van der Waals surface area contributed by atoms with Gasteiger partial charge in [0.1, 0.15) is 0 Å². The highest BCUT2D eigenvalue weighted by molar-refractivity contribution is 7.99. The fraction of sp³-hybridized carbons (Fsp3) is 0.500. The fourth-order valence-electron chi connectivity index (χ4n) is 2.56. The fourth-order valence-corrected chi connectivity index (χ4v) is 3.30. The molecule has 2 aromatic heterocycles. The lowest BCUT2D eigenvalue weighted by atomic mass is 9.95. The quantitative estimate of drug-likeness (QED) is 0.878. The first-order valence-corrected chi connectivity index (χ1v) is 8.03. The van der Waals surface area contributed by atoms with Gasteiger partial charge in [-0.05, 0) is 25.0 Å². The van der Waals surface area contributed by atoms with Crippen LogP contribution in [0.1, 0.15) is 32.1 Å². The van der Waals surface area contributed by atoms with E-state index >= 15 is 0 Å². The molecular formula is C14H18N4OS. The van der Waals surface area contributed by atoms with Crippen LogP contribution >= 0.6 is 11.8 Å². The number of aromatic nitrogens is 3. The normalized spacial score (nSPS) is 16.4. The summed E-state index contributed by atoms with van der Waals surface area (Å²) < 4.78 is 1.90. The van der Waals surface area contributed by atoms with Crippen molar-refractivity contribution < 1.29 is 4.79 Å². The smallest absolute Gasteiger partial charge is 0.230 e. The molecule has 1 N–H and O–H groups in total. The van der Waals surface area contributed by atoms with Crippen LogP contribution < -0.4 is 5.32 Å². The van der Waals surface area contributed by atoms with Crippen molar-refractivity contribution in [2.45, 2.75) is 43.3 Å². The van der Waals surface area contributed by atoms with Gasteiger partial charge in [-0.2, -0.15) is 0 Å². The Hall–Kier alpha value is -1.56. The van der Waals surface area contributed by atoms with Crippen molar-refractivity contribution in [2.24, 2.45) is 0 Å². The average molecular weight is 290 g/mol. The number of nitrogens with zero attached hydrogens (tertiary/aromatic N) is 3. The van der Waals surface area contributed by atoms with Gasteiger partial charge in [-0.3, -0.25) is 9.20 Å². The maximum Gasteiger partial charge on any atom is 0.230 e. The Morgan fingerprint density at radius 1 is 1.30 bits per heavy atom. The molecule has 0 aromatic carbocycles. The van der Waals surface area contributed by atoms with E-state index in [0.717, 1.165) is 23.6 Å². The van der Waals surface area contributed by atoms with Crippen molar-refractivity contribution in [1.29, 1.82) is 0 Å². The third kappa shape index (κ3) is 3.12. The predicted octanol–water partition coefficient (Wildman–Crippen LogP) is 2.27. The Morgan fingerprint density at radius 2 is 2.15 bits per heavy atom. The molecule has 1 amide bonds. The zero-order valence-electron chi connectivity index (χ0n) is 11.3. The van der Waals surface area contributed by atoms with Crippen molar-refractivity contribution in [3.05, 3.63) is 24.4 Å². The zero-order valence-corrected chi connectivity index (χ0v) is 12.1. The maximum absolute atomic E-state index is 12.0. The number of rotatable bonds is 4. The van der Waals surface area contributed by atoms with E-state index in [0.29, 0.717) is 11.8 Å². The maximum atomic E-state index is 12.0. The number of pyridine rings is 1. The van der Waals surface area contributed by atoms with E-state index in [-0.39, 0.29) is 5.91 Å². The van der Waals surface area contributed by atoms with Crippen LogP contribution in [0.5, 0.6) is 0 Å². The number of hydrogen-bond acceptors (Lipinski definition) is 4. The van der Waals surface area contributed by atoms with E-state index < -0.39 is 0 Å². The molecule has 6 heteroatoms. The summed E-state index contributed by atoms with van der Waals surface area (Å²) in [4.78, 5) is 12.0. The number of carbonyl (C=O) groups is 1. The molecule has 2 heterocycles. The lowest BCUT2D eigenvalue weighted by molar-refractivity contribution is -0.119. The van der Waals surface area contributed by atoms with E-state index in [1.807, 2.05) is 28.8 Å². The Bertz CT molecular complexity index is 592. The van der Waals surface area contributed by atoms with Crippen molar-refractivity contribution in [3.63, 3.8) is 0 Å². The highest BCUT2D eigenvalue weighted by Gasteiger charge is 2.16. The predicted molar refractivity (Wildman–Crippen MR) is 78.7 cm³/mol. The molecule has 1 fully saturated rings. The molecular weight excluding hydrogens is 272 g/mol. The van der Waals surface area contributed by atoms with Crippen LogP contribution in [0, 0.1) is 0 Å². The second kappa shape index (κ2) is 6.26. The molecule has 0 unspecified atom stereocenters. The van der Waals surface area contributed by atoms with Crippen LogP contribution in [-0.4, -0.2) is 32.3 Å². The number of thioether (sulfide) groups is 1. The Balaban J connectivity index is 1.54. The summed E-state index contributed by atoms with van der Waals surface area (Å²) in [5.74, 6) is 0.487. The van der Waals surface area contributed by atoms with E-state index in [9.17, 15) is 4.79 Å². The summed E-state index contributed by atoms with van der Waals surface area (Å²) in [6, 6.07) is 6.13. The molecule has 2 aromatic rings. The standard InChI is InChI=1S/C14H18N4OS/c19-13(15-11-6-2-1-3-7-11)10-20-14-17-16-12-8-4-5-9-18(12)14/h4-5,8-9,11H,1-3,6-7,10H2,(H,15,19). The molecule has 0 spiro atoms. The van der Waals surface area contributed by atoms with Crippen LogP contribution in [0.15, 0.2) is 29.6 Å². The number of nitrogens with one attached hydrogen (secondary N) is 1. The lowest BCUT2D eigenvalue weighted by Gasteiger charge is -2.22. The van der Waals surface area contributed by atoms with Crippen LogP contribution in [0.2, 0.25) is 0 Å². The van der Waals surface area contributed by atoms with Gasteiger partial charge in [0, 0.05) is 12.2 Å². The molecule has 1 saturated carbocycles. The Morgan fingerprint density at radius 3 is 3.00 bits per heavy atom. The highest BCUT2D eigenvalue weighted by Crippen LogP contribution is 2.19. The van der Waals surface area contributed by atoms with Gasteiger partial charge in [0.2, 0.25) is 5.91 Å². The molecule has 0 atom stereocenters. The lowest BCUT2D eigenvalue weighted by Crippen LogP contribution is -2.37. The minimum Gasteiger partial charge on any atom is -0.353 e. The highest BCUT2D eigenvalue weighted by atomic mass is 32.2. The average Bonchev–Trinajstić information content (AvgIpc) is 2.89. The summed E-state index contributed by atoms with van der Waals surface area (Å²) >= 11 is 1.43. The summed E-state index contributed by atoms with van der Waals surface area (Å²) in [6.07, 6.45) is 7.90. The van der Waals surface area contributed by atoms with Gasteiger partial charge in [0.15, 0.2) is 10.8 Å². The zero-order chi connectivity index (χ0) is 13.8. The topological polar surface area (TPSA) is 59.3 Å². The third-order valence-electron chi connectivity index (χ3n) is 3.59. The first kappa shape index (κ1) is 13.4. The molecule has 5 nitrogen and oxygen atoms in total. The molecule has 0 radical (unpaired) electrons. The minimum absolute atomic E-state index is 0.0922. The molecule has 0 saturated heterocycles. The van der Waals surface area contributed by atoms with Crippen LogP contribution in [0.3, 0.4) is 0 Å². The van der Waals surface area contributed by atoms with Gasteiger partial charge in [0.05, 0.1) is 5.75 Å². The number of fused-ring (bicyclic) bond motifs is 1. The molecule has 20 heavy (non-hydrogen) atoms. The SMILES string of the molecule is O=C(CSc1nnc2ccccn12)NC1CCCCC1. The first-order chi connectivity index (χ1) is 9.83. The van der Waals surface area contributed by atoms with Crippen molar-refractivity contribution in [3.8, 4) is 0 Å². The largest absolute Gasteiger partial charge is 0.353 e. The Kier molecular flexibility index (Phi) is 4.20. The van der Waals surface area contributed by atoms with E-state index in [1.165, 1.54) is 31.0 Å². The van der Waals surface area contributed by atoms with E-state index in [4.69, 9.17) is 0 Å². The van der Waals surface area contributed by atoms with Crippen LogP contribution in [-0.2, 0) is 4.79 Å². The van der Waals surface area contributed by atoms with Gasteiger partial charge in [-0.25, -0.2) is 0 Å². The first-order valence-electron chi connectivity index (χ1n) is 7.05. The van der Waals surface area contributed by atoms with E-state index in [2.05, 4.69) is 15.5 Å². The number of carbonyl (C=O) groups excluding carboxylic acids is 1. The van der Waals surface area contributed by atoms with Crippen LogP contribution in [0.25, 0.3) is 5.65 Å². The summed E-state index contributed by atoms with van der Waals surface area (Å²) in [5.41, 5.74) is 0.808. The number of amides is 1. The summed E-state index contributed by atoms with van der Waals surface area (Å²) in [5, 5.41) is 12.1. The second-order valence-corrected chi connectivity index (χ2v) is 6.05. The molecule has 1 aliphatic rings. The third-order valence-corrected chi connectivity index (χ3v) is 4.53. The summed E-state index contributed by atoms with van der Waals surface area (Å²) in [7, 11) is 0. The van der Waals surface area contributed by atoms with Gasteiger partial charge in [-0.15, -0.1) is 10.2 Å². The van der Waals surface area contributed by atoms with Crippen LogP contribution in [0.4, 0.5) is 0 Å². The number of hydrogen-bond donors (Lipinski definition) is 1. The molecule has 3 rings (SSSR count). The Labute approximate surface area is 122 Å². The molecule has 1 aliphatic carbocycles. The molecule has 106 valence electrons. The summed E-state index contributed by atoms with van der Waals surface area (Å²) in [6.45, 7) is 0. The van der Waals surface area contributed by atoms with Crippen molar-refractivity contribution in [2.75, 3.05) is 5.75 Å². The van der Waals surface area contributed by atoms with Gasteiger partial charge in [0.25, 0.3) is 0 Å². The van der Waals surface area contributed by atoms with Gasteiger partial charge in [-0.1, -0.05) is 37.1 Å². The molecule has 0 aliphatic heterocycles. The second-order valence-electron chi connectivity index (χ2n) is 5.10. The molecule has 0 bridgehead atoms. The van der Waals surface area contributed by atoms with E-state index in [1.54, 1.807) is 0 Å². The minimum atomic E-state index is 0.0922.